The molecule has 0 amide bonds. The molecule has 3 heteroatoms. The van der Waals surface area contributed by atoms with Crippen LogP contribution in [0.1, 0.15) is 5.76 Å². The topological polar surface area (TPSA) is 46.2 Å². The van der Waals surface area contributed by atoms with Gasteiger partial charge in [0.05, 0.1) is 12.7 Å². The molecule has 0 aliphatic carbocycles. The van der Waals surface area contributed by atoms with E-state index < -0.39 is 0 Å². The third-order valence-corrected chi connectivity index (χ3v) is 1.26. The highest BCUT2D eigenvalue weighted by atomic mass is 16.5. The summed E-state index contributed by atoms with van der Waals surface area (Å²) in [7, 11) is 0. The molecule has 1 N–H and O–H groups in total. The lowest BCUT2D eigenvalue weighted by atomic mass is 10.4. The van der Waals surface area contributed by atoms with E-state index in [1.807, 2.05) is 0 Å². The first-order chi connectivity index (χ1) is 4.36. The van der Waals surface area contributed by atoms with Crippen LogP contribution in [0.15, 0.2) is 16.7 Å². The molecule has 2 rings (SSSR count). The predicted octanol–water partition coefficient (Wildman–Crippen LogP) is 1.19. The Kier molecular flexibility index (Phi) is 0.704. The van der Waals surface area contributed by atoms with Crippen molar-refractivity contribution in [3.63, 3.8) is 0 Å². The zero-order chi connectivity index (χ0) is 6.27. The Morgan fingerprint density at radius 2 is 2.44 bits per heavy atom. The second-order valence-corrected chi connectivity index (χ2v) is 1.91. The van der Waals surface area contributed by atoms with Gasteiger partial charge < -0.3 is 9.15 Å². The summed E-state index contributed by atoms with van der Waals surface area (Å²) in [5.41, 5.74) is 0. The van der Waals surface area contributed by atoms with Crippen LogP contribution < -0.4 is 4.74 Å². The maximum Gasteiger partial charge on any atom is 0.195 e. The Morgan fingerprint density at radius 1 is 1.56 bits per heavy atom. The summed E-state index contributed by atoms with van der Waals surface area (Å²) in [5, 5.41) is 7.07. The highest BCUT2D eigenvalue weighted by Gasteiger charge is 2.19. The molecule has 1 aliphatic rings. The van der Waals surface area contributed by atoms with Crippen molar-refractivity contribution in [1.29, 1.82) is 5.41 Å². The number of ether oxygens (including phenoxy) is 1. The largest absolute Gasteiger partial charge is 0.465 e. The minimum Gasteiger partial charge on any atom is -0.465 e. The van der Waals surface area contributed by atoms with Gasteiger partial charge in [0.2, 0.25) is 0 Å². The molecule has 0 radical (unpaired) electrons. The molecule has 0 saturated heterocycles. The van der Waals surface area contributed by atoms with Crippen molar-refractivity contribution >= 4 is 5.90 Å². The van der Waals surface area contributed by atoms with Crippen LogP contribution in [-0.4, -0.2) is 5.90 Å². The zero-order valence-electron chi connectivity index (χ0n) is 4.68. The molecular formula is C6H5NO2. The number of rotatable bonds is 0. The van der Waals surface area contributed by atoms with Gasteiger partial charge in [0.15, 0.2) is 17.4 Å². The summed E-state index contributed by atoms with van der Waals surface area (Å²) in [4.78, 5) is 0. The van der Waals surface area contributed by atoms with E-state index in [-0.39, 0.29) is 5.90 Å². The third-order valence-electron chi connectivity index (χ3n) is 1.26. The van der Waals surface area contributed by atoms with E-state index in [0.29, 0.717) is 12.2 Å². The Labute approximate surface area is 51.7 Å². The molecule has 9 heavy (non-hydrogen) atoms. The Morgan fingerprint density at radius 3 is 3.22 bits per heavy atom. The molecule has 0 unspecified atom stereocenters. The van der Waals surface area contributed by atoms with E-state index >= 15 is 0 Å². The molecule has 0 bridgehead atoms. The Bertz CT molecular complexity index is 229. The molecule has 1 aromatic heterocycles. The van der Waals surface area contributed by atoms with E-state index in [1.165, 1.54) is 0 Å². The van der Waals surface area contributed by atoms with Crippen LogP contribution in [0, 0.1) is 5.41 Å². The van der Waals surface area contributed by atoms with Gasteiger partial charge in [-0.25, -0.2) is 0 Å². The second kappa shape index (κ2) is 1.37. The van der Waals surface area contributed by atoms with Crippen molar-refractivity contribution < 1.29 is 9.15 Å². The Hall–Kier alpha value is -1.25. The van der Waals surface area contributed by atoms with E-state index in [1.54, 1.807) is 12.3 Å². The predicted molar refractivity (Wildman–Crippen MR) is 30.8 cm³/mol. The van der Waals surface area contributed by atoms with Crippen LogP contribution in [-0.2, 0) is 6.42 Å². The number of hydrogen-bond acceptors (Lipinski definition) is 3. The summed E-state index contributed by atoms with van der Waals surface area (Å²) in [6.45, 7) is 0. The van der Waals surface area contributed by atoms with E-state index in [9.17, 15) is 0 Å². The fourth-order valence-electron chi connectivity index (χ4n) is 0.863. The number of fused-ring (bicyclic) bond motifs is 1. The maximum absolute atomic E-state index is 7.07. The lowest BCUT2D eigenvalue weighted by Gasteiger charge is -1.87. The third kappa shape index (κ3) is 0.543. The van der Waals surface area contributed by atoms with Crippen molar-refractivity contribution in [2.75, 3.05) is 0 Å². The van der Waals surface area contributed by atoms with Crippen molar-refractivity contribution in [2.45, 2.75) is 6.42 Å². The molecule has 0 saturated carbocycles. The Balaban J connectivity index is 2.49. The first kappa shape index (κ1) is 4.61. The molecular weight excluding hydrogens is 118 g/mol. The summed E-state index contributed by atoms with van der Waals surface area (Å²) >= 11 is 0. The molecule has 1 aromatic rings. The van der Waals surface area contributed by atoms with E-state index in [0.717, 1.165) is 5.76 Å². The summed E-state index contributed by atoms with van der Waals surface area (Å²) in [6, 6.07) is 1.72. The summed E-state index contributed by atoms with van der Waals surface area (Å²) in [5.74, 6) is 1.73. The van der Waals surface area contributed by atoms with Gasteiger partial charge in [0, 0.05) is 6.07 Å². The van der Waals surface area contributed by atoms with Crippen LogP contribution in [0.2, 0.25) is 0 Å². The first-order valence-electron chi connectivity index (χ1n) is 2.68. The molecule has 0 fully saturated rings. The zero-order valence-corrected chi connectivity index (χ0v) is 4.68. The van der Waals surface area contributed by atoms with Crippen molar-refractivity contribution in [3.05, 3.63) is 18.1 Å². The molecule has 0 aromatic carbocycles. The van der Waals surface area contributed by atoms with Gasteiger partial charge >= 0.3 is 0 Å². The SMILES string of the molecule is N=C1Cc2occc2O1. The second-order valence-electron chi connectivity index (χ2n) is 1.91. The molecule has 2 heterocycles. The van der Waals surface area contributed by atoms with Crippen LogP contribution in [0.3, 0.4) is 0 Å². The average molecular weight is 123 g/mol. The monoisotopic (exact) mass is 123 g/mol. The molecule has 0 atom stereocenters. The minimum atomic E-state index is 0.268. The summed E-state index contributed by atoms with van der Waals surface area (Å²) in [6.07, 6.45) is 2.07. The molecule has 0 spiro atoms. The van der Waals surface area contributed by atoms with Gasteiger partial charge in [0.25, 0.3) is 0 Å². The fraction of sp³-hybridized carbons (Fsp3) is 0.167. The molecule has 46 valence electrons. The lowest BCUT2D eigenvalue weighted by molar-refractivity contribution is 0.522. The number of furan rings is 1. The van der Waals surface area contributed by atoms with Crippen LogP contribution >= 0.6 is 0 Å². The smallest absolute Gasteiger partial charge is 0.195 e. The van der Waals surface area contributed by atoms with Gasteiger partial charge in [-0.2, -0.15) is 0 Å². The highest BCUT2D eigenvalue weighted by Crippen LogP contribution is 2.25. The van der Waals surface area contributed by atoms with E-state index in [4.69, 9.17) is 14.6 Å². The van der Waals surface area contributed by atoms with Gasteiger partial charge in [0.1, 0.15) is 0 Å². The standard InChI is InChI=1S/C6H5NO2/c7-6-3-5-4(9-6)1-2-8-5/h1-2,7H,3H2. The number of nitrogens with one attached hydrogen (secondary N) is 1. The normalized spacial score (nSPS) is 15.3. The fourth-order valence-corrected chi connectivity index (χ4v) is 0.863. The lowest BCUT2D eigenvalue weighted by Crippen LogP contribution is -1.99. The van der Waals surface area contributed by atoms with Crippen LogP contribution in [0.4, 0.5) is 0 Å². The first-order valence-corrected chi connectivity index (χ1v) is 2.68. The van der Waals surface area contributed by atoms with Gasteiger partial charge in [-0.1, -0.05) is 0 Å². The van der Waals surface area contributed by atoms with Gasteiger partial charge in [-0.05, 0) is 0 Å². The molecule has 3 nitrogen and oxygen atoms in total. The van der Waals surface area contributed by atoms with Crippen molar-refractivity contribution in [3.8, 4) is 5.75 Å². The van der Waals surface area contributed by atoms with E-state index in [2.05, 4.69) is 0 Å². The van der Waals surface area contributed by atoms with Crippen molar-refractivity contribution in [1.82, 2.24) is 0 Å². The quantitative estimate of drug-likeness (QED) is 0.563. The highest BCUT2D eigenvalue weighted by molar-refractivity contribution is 5.81. The van der Waals surface area contributed by atoms with Gasteiger partial charge in [-0.3, -0.25) is 5.41 Å². The van der Waals surface area contributed by atoms with Crippen LogP contribution in [0.25, 0.3) is 0 Å². The van der Waals surface area contributed by atoms with Crippen molar-refractivity contribution in [2.24, 2.45) is 0 Å². The number of hydrogen-bond donors (Lipinski definition) is 1. The molecule has 1 aliphatic heterocycles. The van der Waals surface area contributed by atoms with Gasteiger partial charge in [-0.15, -0.1) is 0 Å². The minimum absolute atomic E-state index is 0.268. The average Bonchev–Trinajstić information content (AvgIpc) is 2.22. The summed E-state index contributed by atoms with van der Waals surface area (Å²) < 4.78 is 9.92. The maximum atomic E-state index is 7.07. The van der Waals surface area contributed by atoms with Crippen LogP contribution in [0.5, 0.6) is 5.75 Å².